The summed E-state index contributed by atoms with van der Waals surface area (Å²) in [6.45, 7) is 5.11. The first kappa shape index (κ1) is 18.3. The predicted octanol–water partition coefficient (Wildman–Crippen LogP) is 4.89. The number of hydrogen-bond donors (Lipinski definition) is 1. The van der Waals surface area contributed by atoms with Crippen LogP contribution in [0.2, 0.25) is 0 Å². The van der Waals surface area contributed by atoms with Crippen LogP contribution in [0.3, 0.4) is 0 Å². The number of benzene rings is 1. The summed E-state index contributed by atoms with van der Waals surface area (Å²) in [5.41, 5.74) is 1.92. The Morgan fingerprint density at radius 3 is 2.56 bits per heavy atom. The number of nitrogens with one attached hydrogen (secondary N) is 1. The molecule has 0 spiro atoms. The molecule has 3 heterocycles. The first-order chi connectivity index (χ1) is 12.8. The summed E-state index contributed by atoms with van der Waals surface area (Å²) in [4.78, 5) is 9.86. The van der Waals surface area contributed by atoms with Gasteiger partial charge < -0.3 is 15.1 Å². The van der Waals surface area contributed by atoms with E-state index in [9.17, 15) is 13.2 Å². The second-order valence-corrected chi connectivity index (χ2v) is 8.05. The van der Waals surface area contributed by atoms with Crippen molar-refractivity contribution in [1.82, 2.24) is 4.90 Å². The zero-order valence-electron chi connectivity index (χ0n) is 15.2. The van der Waals surface area contributed by atoms with Crippen molar-refractivity contribution in [3.63, 3.8) is 0 Å². The van der Waals surface area contributed by atoms with E-state index in [0.717, 1.165) is 30.2 Å². The van der Waals surface area contributed by atoms with Gasteiger partial charge in [-0.15, -0.1) is 11.3 Å². The second kappa shape index (κ2) is 6.83. The Bertz CT molecular complexity index is 880. The van der Waals surface area contributed by atoms with Gasteiger partial charge in [-0.25, -0.2) is 0 Å². The van der Waals surface area contributed by atoms with Crippen LogP contribution in [-0.2, 0) is 12.6 Å². The molecule has 0 bridgehead atoms. The molecule has 4 nitrogen and oxygen atoms in total. The van der Waals surface area contributed by atoms with Crippen molar-refractivity contribution < 1.29 is 13.2 Å². The number of alkyl halides is 3. The molecule has 0 atom stereocenters. The lowest BCUT2D eigenvalue weighted by atomic mass is 10.0. The number of rotatable bonds is 2. The molecule has 4 rings (SSSR count). The highest BCUT2D eigenvalue weighted by atomic mass is 32.1. The quantitative estimate of drug-likeness (QED) is 0.672. The van der Waals surface area contributed by atoms with Crippen molar-refractivity contribution >= 4 is 39.6 Å². The molecule has 2 aromatic rings. The highest BCUT2D eigenvalue weighted by Crippen LogP contribution is 2.45. The number of aryl methyl sites for hydroxylation is 1. The van der Waals surface area contributed by atoms with Crippen molar-refractivity contribution in [1.29, 1.82) is 0 Å². The van der Waals surface area contributed by atoms with Crippen LogP contribution in [-0.4, -0.2) is 44.3 Å². The number of hydrogen-bond acceptors (Lipinski definition) is 5. The molecule has 2 aliphatic heterocycles. The lowest BCUT2D eigenvalue weighted by molar-refractivity contribution is -0.137. The SMILES string of the molecule is CCc1cc2c(s1)Nc1c(cc(C(F)(F)F)cc1N1CCN(C)CC1)C=N2. The Hall–Kier alpha value is -2.06. The molecule has 0 saturated carbocycles. The van der Waals surface area contributed by atoms with E-state index in [-0.39, 0.29) is 0 Å². The Morgan fingerprint density at radius 2 is 1.89 bits per heavy atom. The second-order valence-electron chi connectivity index (χ2n) is 6.91. The van der Waals surface area contributed by atoms with Gasteiger partial charge in [-0.2, -0.15) is 13.2 Å². The van der Waals surface area contributed by atoms with E-state index in [4.69, 9.17) is 0 Å². The van der Waals surface area contributed by atoms with Crippen molar-refractivity contribution in [3.8, 4) is 0 Å². The summed E-state index contributed by atoms with van der Waals surface area (Å²) in [5, 5.41) is 4.27. The van der Waals surface area contributed by atoms with Gasteiger partial charge in [0.2, 0.25) is 0 Å². The maximum atomic E-state index is 13.5. The Balaban J connectivity index is 1.82. The zero-order chi connectivity index (χ0) is 19.2. The molecule has 1 saturated heterocycles. The molecule has 0 amide bonds. The Kier molecular flexibility index (Phi) is 4.63. The minimum Gasteiger partial charge on any atom is -0.367 e. The topological polar surface area (TPSA) is 30.9 Å². The minimum atomic E-state index is -4.39. The predicted molar refractivity (Wildman–Crippen MR) is 105 cm³/mol. The lowest BCUT2D eigenvalue weighted by Gasteiger charge is -2.35. The average Bonchev–Trinajstić information content (AvgIpc) is 2.94. The van der Waals surface area contributed by atoms with Gasteiger partial charge in [0.25, 0.3) is 0 Å². The molecule has 0 radical (unpaired) electrons. The summed E-state index contributed by atoms with van der Waals surface area (Å²) < 4.78 is 40.4. The number of fused-ring (bicyclic) bond motifs is 2. The highest BCUT2D eigenvalue weighted by Gasteiger charge is 2.34. The summed E-state index contributed by atoms with van der Waals surface area (Å²) >= 11 is 1.60. The van der Waals surface area contributed by atoms with Crippen LogP contribution in [0, 0.1) is 0 Å². The average molecular weight is 394 g/mol. The molecule has 0 aliphatic carbocycles. The molecule has 1 aromatic heterocycles. The lowest BCUT2D eigenvalue weighted by Crippen LogP contribution is -2.44. The Labute approximate surface area is 160 Å². The minimum absolute atomic E-state index is 0.472. The van der Waals surface area contributed by atoms with Gasteiger partial charge in [0.15, 0.2) is 0 Å². The summed E-state index contributed by atoms with van der Waals surface area (Å²) in [6.07, 6.45) is -1.94. The molecule has 8 heteroatoms. The fourth-order valence-corrected chi connectivity index (χ4v) is 4.34. The van der Waals surface area contributed by atoms with Crippen molar-refractivity contribution in [3.05, 3.63) is 34.2 Å². The van der Waals surface area contributed by atoms with Crippen LogP contribution in [0.15, 0.2) is 23.2 Å². The zero-order valence-corrected chi connectivity index (χ0v) is 16.0. The number of likely N-dealkylation sites (N-methyl/N-ethyl adjacent to an activating group) is 1. The van der Waals surface area contributed by atoms with E-state index in [0.29, 0.717) is 30.0 Å². The van der Waals surface area contributed by atoms with Gasteiger partial charge in [0, 0.05) is 42.8 Å². The normalized spacial score (nSPS) is 17.3. The third-order valence-corrected chi connectivity index (χ3v) is 6.20. The van der Waals surface area contributed by atoms with Gasteiger partial charge in [0.1, 0.15) is 5.00 Å². The smallest absolute Gasteiger partial charge is 0.367 e. The summed E-state index contributed by atoms with van der Waals surface area (Å²) in [6, 6.07) is 4.45. The third kappa shape index (κ3) is 3.55. The van der Waals surface area contributed by atoms with Crippen molar-refractivity contribution in [2.75, 3.05) is 43.4 Å². The van der Waals surface area contributed by atoms with E-state index in [1.165, 1.54) is 17.0 Å². The van der Waals surface area contributed by atoms with Crippen LogP contribution in [0.1, 0.15) is 22.9 Å². The van der Waals surface area contributed by atoms with E-state index in [2.05, 4.69) is 22.1 Å². The molecule has 144 valence electrons. The van der Waals surface area contributed by atoms with E-state index in [1.807, 2.05) is 18.0 Å². The molecular formula is C19H21F3N4S. The standard InChI is InChI=1S/C19H21F3N4S/c1-3-14-10-15-18(27-14)24-17-12(11-23-15)8-13(19(20,21)22)9-16(17)26-6-4-25(2)5-7-26/h8-11,24H,3-7H2,1-2H3. The van der Waals surface area contributed by atoms with Gasteiger partial charge in [-0.3, -0.25) is 4.99 Å². The van der Waals surface area contributed by atoms with Crippen LogP contribution in [0.5, 0.6) is 0 Å². The molecule has 1 N–H and O–H groups in total. The molecular weight excluding hydrogens is 373 g/mol. The first-order valence-corrected chi connectivity index (χ1v) is 9.79. The van der Waals surface area contributed by atoms with Gasteiger partial charge in [-0.05, 0) is 31.7 Å². The van der Waals surface area contributed by atoms with Crippen molar-refractivity contribution in [2.45, 2.75) is 19.5 Å². The maximum absolute atomic E-state index is 13.5. The fourth-order valence-electron chi connectivity index (χ4n) is 3.39. The van der Waals surface area contributed by atoms with Crippen LogP contribution < -0.4 is 10.2 Å². The monoisotopic (exact) mass is 394 g/mol. The van der Waals surface area contributed by atoms with Crippen LogP contribution in [0.4, 0.5) is 35.2 Å². The van der Waals surface area contributed by atoms with E-state index in [1.54, 1.807) is 17.6 Å². The molecule has 2 aliphatic rings. The number of thiophene rings is 1. The fraction of sp³-hybridized carbons (Fsp3) is 0.421. The van der Waals surface area contributed by atoms with Gasteiger partial charge in [0.05, 0.1) is 22.6 Å². The van der Waals surface area contributed by atoms with E-state index < -0.39 is 11.7 Å². The largest absolute Gasteiger partial charge is 0.416 e. The van der Waals surface area contributed by atoms with Gasteiger partial charge >= 0.3 is 6.18 Å². The maximum Gasteiger partial charge on any atom is 0.416 e. The number of anilines is 3. The first-order valence-electron chi connectivity index (χ1n) is 8.97. The van der Waals surface area contributed by atoms with Gasteiger partial charge in [-0.1, -0.05) is 6.92 Å². The van der Waals surface area contributed by atoms with Crippen molar-refractivity contribution in [2.24, 2.45) is 4.99 Å². The van der Waals surface area contributed by atoms with Crippen LogP contribution in [0.25, 0.3) is 0 Å². The number of halogens is 3. The third-order valence-electron chi connectivity index (χ3n) is 5.01. The number of piperazine rings is 1. The molecule has 1 aromatic carbocycles. The van der Waals surface area contributed by atoms with Crippen LogP contribution >= 0.6 is 11.3 Å². The summed E-state index contributed by atoms with van der Waals surface area (Å²) in [5.74, 6) is 0. The molecule has 1 fully saturated rings. The molecule has 0 unspecified atom stereocenters. The summed E-state index contributed by atoms with van der Waals surface area (Å²) in [7, 11) is 2.03. The number of aliphatic imine (C=N–C) groups is 1. The molecule has 27 heavy (non-hydrogen) atoms. The van der Waals surface area contributed by atoms with E-state index >= 15 is 0 Å². The number of nitrogens with zero attached hydrogens (tertiary/aromatic N) is 3. The Morgan fingerprint density at radius 1 is 1.15 bits per heavy atom. The highest BCUT2D eigenvalue weighted by molar-refractivity contribution is 7.16.